The fourth-order valence-corrected chi connectivity index (χ4v) is 5.16. The summed E-state index contributed by atoms with van der Waals surface area (Å²) < 4.78 is 39.9. The zero-order valence-corrected chi connectivity index (χ0v) is 18.6. The molecule has 1 unspecified atom stereocenters. The molecule has 4 rings (SSSR count). The predicted molar refractivity (Wildman–Crippen MR) is 118 cm³/mol. The summed E-state index contributed by atoms with van der Waals surface area (Å²) in [5.74, 6) is 0.0791. The lowest BCUT2D eigenvalue weighted by atomic mass is 9.80. The van der Waals surface area contributed by atoms with Gasteiger partial charge in [-0.05, 0) is 56.2 Å². The van der Waals surface area contributed by atoms with E-state index in [4.69, 9.17) is 5.73 Å². The van der Waals surface area contributed by atoms with Gasteiger partial charge in [-0.3, -0.25) is 9.69 Å². The normalized spacial score (nSPS) is 23.3. The van der Waals surface area contributed by atoms with Crippen LogP contribution < -0.4 is 10.6 Å². The molecule has 2 heterocycles. The van der Waals surface area contributed by atoms with Crippen LogP contribution >= 0.6 is 0 Å². The van der Waals surface area contributed by atoms with Crippen LogP contribution in [0.1, 0.15) is 44.6 Å². The lowest BCUT2D eigenvalue weighted by Gasteiger charge is -2.50. The molecule has 0 spiro atoms. The van der Waals surface area contributed by atoms with Gasteiger partial charge < -0.3 is 15.7 Å². The molecule has 2 aliphatic rings. The summed E-state index contributed by atoms with van der Waals surface area (Å²) in [5, 5.41) is 10.4. The Bertz CT molecular complexity index is 988. The fourth-order valence-electron chi connectivity index (χ4n) is 5.16. The molecule has 33 heavy (non-hydrogen) atoms. The molecular weight excluding hydrogens is 435 g/mol. The van der Waals surface area contributed by atoms with Crippen LogP contribution in [0.15, 0.2) is 24.5 Å². The van der Waals surface area contributed by atoms with Gasteiger partial charge in [0.05, 0.1) is 29.8 Å². The maximum atomic E-state index is 13.3. The number of likely N-dealkylation sites (tertiary alicyclic amines) is 1. The summed E-state index contributed by atoms with van der Waals surface area (Å²) in [4.78, 5) is 24.2. The van der Waals surface area contributed by atoms with Gasteiger partial charge in [0.15, 0.2) is 0 Å². The van der Waals surface area contributed by atoms with Crippen molar-refractivity contribution in [2.75, 3.05) is 24.5 Å². The molecule has 7 nitrogen and oxygen atoms in total. The van der Waals surface area contributed by atoms with Crippen molar-refractivity contribution in [3.8, 4) is 0 Å². The molecule has 1 aliphatic heterocycles. The second-order valence-corrected chi connectivity index (χ2v) is 9.17. The van der Waals surface area contributed by atoms with Gasteiger partial charge in [0.1, 0.15) is 12.1 Å². The molecule has 180 valence electrons. The van der Waals surface area contributed by atoms with E-state index in [0.29, 0.717) is 36.4 Å². The number of carbonyl (C=O) groups is 1. The number of hydrogen-bond acceptors (Lipinski definition) is 6. The van der Waals surface area contributed by atoms with E-state index < -0.39 is 17.6 Å². The van der Waals surface area contributed by atoms with Crippen LogP contribution in [0.3, 0.4) is 0 Å². The Morgan fingerprint density at radius 2 is 1.94 bits per heavy atom. The molecule has 1 saturated carbocycles. The third-order valence-electron chi connectivity index (χ3n) is 7.09. The molecule has 1 aromatic heterocycles. The number of halogens is 3. The number of aliphatic hydroxyl groups excluding tert-OH is 1. The number of nitrogens with two attached hydrogens (primary N) is 1. The van der Waals surface area contributed by atoms with E-state index in [1.807, 2.05) is 6.92 Å². The van der Waals surface area contributed by atoms with Crippen molar-refractivity contribution in [2.24, 2.45) is 11.7 Å². The van der Waals surface area contributed by atoms with Crippen molar-refractivity contribution in [3.63, 3.8) is 0 Å². The lowest BCUT2D eigenvalue weighted by Crippen LogP contribution is -2.64. The number of amides is 1. The topological polar surface area (TPSA) is 95.6 Å². The van der Waals surface area contributed by atoms with Crippen LogP contribution in [0.4, 0.5) is 19.0 Å². The van der Waals surface area contributed by atoms with Crippen molar-refractivity contribution in [1.29, 1.82) is 0 Å². The first-order valence-electron chi connectivity index (χ1n) is 11.5. The van der Waals surface area contributed by atoms with E-state index in [1.54, 1.807) is 4.90 Å². The highest BCUT2D eigenvalue weighted by atomic mass is 19.4. The van der Waals surface area contributed by atoms with Crippen molar-refractivity contribution in [1.82, 2.24) is 14.9 Å². The average Bonchev–Trinajstić information content (AvgIpc) is 2.75. The van der Waals surface area contributed by atoms with Crippen LogP contribution in [-0.2, 0) is 11.0 Å². The van der Waals surface area contributed by atoms with Gasteiger partial charge in [-0.15, -0.1) is 0 Å². The standard InChI is InChI=1S/C23H30F3N5O2/c1-2-20(32)14-3-6-16(7-4-14)30-10-17(11-30)31(12-21(27)33)22-18-9-15(23(24,25)26)5-8-19(18)28-13-29-22/h5,8-9,13-14,16-17,20,32H,2-4,6-7,10-12H2,1H3,(H2,27,33). The van der Waals surface area contributed by atoms with Crippen LogP contribution in [-0.4, -0.2) is 63.7 Å². The summed E-state index contributed by atoms with van der Waals surface area (Å²) in [6, 6.07) is 3.69. The first-order valence-corrected chi connectivity index (χ1v) is 11.5. The second kappa shape index (κ2) is 9.42. The molecule has 2 fully saturated rings. The quantitative estimate of drug-likeness (QED) is 0.653. The number of alkyl halides is 3. The zero-order chi connectivity index (χ0) is 23.8. The minimum absolute atomic E-state index is 0.0795. The number of fused-ring (bicyclic) bond motifs is 1. The molecular formula is C23H30F3N5O2. The first-order chi connectivity index (χ1) is 15.7. The number of hydrogen-bond donors (Lipinski definition) is 2. The number of aliphatic hydroxyl groups is 1. The van der Waals surface area contributed by atoms with E-state index in [-0.39, 0.29) is 24.1 Å². The number of aromatic nitrogens is 2. The number of anilines is 1. The van der Waals surface area contributed by atoms with E-state index in [0.717, 1.165) is 44.2 Å². The molecule has 2 aromatic rings. The molecule has 1 saturated heterocycles. The zero-order valence-electron chi connectivity index (χ0n) is 18.6. The van der Waals surface area contributed by atoms with Crippen molar-refractivity contribution in [2.45, 2.75) is 63.4 Å². The number of carbonyl (C=O) groups excluding carboxylic acids is 1. The van der Waals surface area contributed by atoms with Gasteiger partial charge in [-0.2, -0.15) is 13.2 Å². The van der Waals surface area contributed by atoms with E-state index in [2.05, 4.69) is 14.9 Å². The van der Waals surface area contributed by atoms with E-state index in [9.17, 15) is 23.1 Å². The largest absolute Gasteiger partial charge is 0.416 e. The van der Waals surface area contributed by atoms with Gasteiger partial charge >= 0.3 is 6.18 Å². The summed E-state index contributed by atoms with van der Waals surface area (Å²) in [5.41, 5.74) is 5.08. The first kappa shape index (κ1) is 23.7. The Hall–Kier alpha value is -2.46. The maximum absolute atomic E-state index is 13.3. The predicted octanol–water partition coefficient (Wildman–Crippen LogP) is 2.95. The maximum Gasteiger partial charge on any atom is 0.416 e. The highest BCUT2D eigenvalue weighted by Crippen LogP contribution is 2.36. The lowest BCUT2D eigenvalue weighted by molar-refractivity contribution is -0.137. The minimum atomic E-state index is -4.49. The van der Waals surface area contributed by atoms with Gasteiger partial charge in [0, 0.05) is 24.5 Å². The van der Waals surface area contributed by atoms with Gasteiger partial charge in [0.25, 0.3) is 0 Å². The number of nitrogens with zero attached hydrogens (tertiary/aromatic N) is 4. The minimum Gasteiger partial charge on any atom is -0.393 e. The molecule has 0 radical (unpaired) electrons. The highest BCUT2D eigenvalue weighted by molar-refractivity contribution is 5.92. The van der Waals surface area contributed by atoms with E-state index in [1.165, 1.54) is 12.4 Å². The molecule has 1 atom stereocenters. The Kier molecular flexibility index (Phi) is 6.76. The smallest absolute Gasteiger partial charge is 0.393 e. The second-order valence-electron chi connectivity index (χ2n) is 9.17. The Morgan fingerprint density at radius 3 is 2.55 bits per heavy atom. The third-order valence-corrected chi connectivity index (χ3v) is 7.09. The molecule has 3 N–H and O–H groups in total. The number of primary amides is 1. The molecule has 1 aliphatic carbocycles. The van der Waals surface area contributed by atoms with Gasteiger partial charge in [-0.1, -0.05) is 6.92 Å². The van der Waals surface area contributed by atoms with E-state index >= 15 is 0 Å². The number of benzene rings is 1. The SMILES string of the molecule is CCC(O)C1CCC(N2CC(N(CC(N)=O)c3ncnc4ccc(C(F)(F)F)cc34)C2)CC1. The fraction of sp³-hybridized carbons (Fsp3) is 0.609. The molecule has 1 aromatic carbocycles. The monoisotopic (exact) mass is 465 g/mol. The summed E-state index contributed by atoms with van der Waals surface area (Å²) in [6.07, 6.45) is 1.33. The summed E-state index contributed by atoms with van der Waals surface area (Å²) in [6.45, 7) is 3.24. The molecule has 1 amide bonds. The van der Waals surface area contributed by atoms with Crippen molar-refractivity contribution in [3.05, 3.63) is 30.1 Å². The van der Waals surface area contributed by atoms with Crippen molar-refractivity contribution < 1.29 is 23.1 Å². The van der Waals surface area contributed by atoms with Crippen molar-refractivity contribution >= 4 is 22.6 Å². The Morgan fingerprint density at radius 1 is 1.24 bits per heavy atom. The third kappa shape index (κ3) is 5.06. The van der Waals surface area contributed by atoms with Crippen LogP contribution in [0, 0.1) is 5.92 Å². The van der Waals surface area contributed by atoms with Crippen LogP contribution in [0.2, 0.25) is 0 Å². The Labute approximate surface area is 190 Å². The summed E-state index contributed by atoms with van der Waals surface area (Å²) in [7, 11) is 0. The molecule has 0 bridgehead atoms. The number of rotatable bonds is 7. The van der Waals surface area contributed by atoms with Gasteiger partial charge in [0.2, 0.25) is 5.91 Å². The van der Waals surface area contributed by atoms with Crippen LogP contribution in [0.25, 0.3) is 10.9 Å². The Balaban J connectivity index is 1.51. The molecule has 10 heteroatoms. The van der Waals surface area contributed by atoms with Gasteiger partial charge in [-0.25, -0.2) is 9.97 Å². The van der Waals surface area contributed by atoms with Crippen LogP contribution in [0.5, 0.6) is 0 Å². The highest BCUT2D eigenvalue weighted by Gasteiger charge is 2.39. The summed E-state index contributed by atoms with van der Waals surface area (Å²) >= 11 is 0. The average molecular weight is 466 g/mol.